The van der Waals surface area contributed by atoms with E-state index < -0.39 is 15.9 Å². The zero-order valence-electron chi connectivity index (χ0n) is 19.5. The van der Waals surface area contributed by atoms with Crippen molar-refractivity contribution in [3.63, 3.8) is 0 Å². The molecule has 3 aromatic rings. The Morgan fingerprint density at radius 3 is 2.26 bits per heavy atom. The molecule has 0 aromatic heterocycles. The van der Waals surface area contributed by atoms with Crippen LogP contribution in [0.25, 0.3) is 0 Å². The number of carbonyl (C=O) groups excluding carboxylic acids is 2. The number of likely N-dealkylation sites (N-methyl/N-ethyl adjacent to an activating group) is 1. The predicted octanol–water partition coefficient (Wildman–Crippen LogP) is 3.82. The smallest absolute Gasteiger partial charge is 0.261 e. The van der Waals surface area contributed by atoms with Crippen LogP contribution < -0.4 is 14.8 Å². The molecule has 0 aliphatic heterocycles. The number of benzene rings is 3. The normalized spacial score (nSPS) is 10.9. The Hall–Kier alpha value is -3.85. The summed E-state index contributed by atoms with van der Waals surface area (Å²) in [5, 5.41) is 2.72. The Balaban J connectivity index is 1.74. The largest absolute Gasteiger partial charge is 0.497 e. The van der Waals surface area contributed by atoms with Crippen LogP contribution in [0.2, 0.25) is 0 Å². The first kappa shape index (κ1) is 24.8. The number of methoxy groups -OCH3 is 1. The van der Waals surface area contributed by atoms with Crippen LogP contribution in [0.1, 0.15) is 21.5 Å². The summed E-state index contributed by atoms with van der Waals surface area (Å²) < 4.78 is 33.5. The van der Waals surface area contributed by atoms with Crippen LogP contribution in [0, 0.1) is 13.8 Å². The van der Waals surface area contributed by atoms with Crippen molar-refractivity contribution >= 4 is 33.2 Å². The first-order chi connectivity index (χ1) is 16.1. The maximum Gasteiger partial charge on any atom is 0.261 e. The highest BCUT2D eigenvalue weighted by Gasteiger charge is 2.22. The predicted molar refractivity (Wildman–Crippen MR) is 132 cm³/mol. The summed E-state index contributed by atoms with van der Waals surface area (Å²) >= 11 is 0. The lowest BCUT2D eigenvalue weighted by molar-refractivity contribution is -0.116. The summed E-state index contributed by atoms with van der Waals surface area (Å²) in [4.78, 5) is 26.7. The maximum absolute atomic E-state index is 13.0. The van der Waals surface area contributed by atoms with Crippen LogP contribution in [-0.2, 0) is 14.8 Å². The molecular formula is C25H27N3O5S. The molecule has 2 N–H and O–H groups in total. The molecule has 0 aliphatic rings. The fourth-order valence-corrected chi connectivity index (χ4v) is 4.41. The minimum absolute atomic E-state index is 0.0409. The minimum atomic E-state index is -3.91. The molecule has 0 heterocycles. The van der Waals surface area contributed by atoms with E-state index in [1.807, 2.05) is 6.07 Å². The molecule has 0 aliphatic carbocycles. The van der Waals surface area contributed by atoms with Crippen LogP contribution in [0.15, 0.2) is 71.6 Å². The van der Waals surface area contributed by atoms with E-state index in [1.54, 1.807) is 69.5 Å². The Bertz CT molecular complexity index is 1300. The van der Waals surface area contributed by atoms with Gasteiger partial charge in [-0.25, -0.2) is 8.42 Å². The molecule has 0 fully saturated rings. The number of sulfonamides is 1. The number of aryl methyl sites for hydroxylation is 2. The molecule has 3 aromatic carbocycles. The highest BCUT2D eigenvalue weighted by atomic mass is 32.2. The summed E-state index contributed by atoms with van der Waals surface area (Å²) in [5.41, 5.74) is 2.60. The number of nitrogens with one attached hydrogen (secondary N) is 2. The van der Waals surface area contributed by atoms with Gasteiger partial charge in [-0.05, 0) is 67.4 Å². The van der Waals surface area contributed by atoms with Crippen LogP contribution in [0.4, 0.5) is 11.4 Å². The summed E-state index contributed by atoms with van der Waals surface area (Å²) in [6.07, 6.45) is 0. The third-order valence-electron chi connectivity index (χ3n) is 5.24. The van der Waals surface area contributed by atoms with Crippen LogP contribution in [0.5, 0.6) is 5.75 Å². The highest BCUT2D eigenvalue weighted by Crippen LogP contribution is 2.22. The van der Waals surface area contributed by atoms with Gasteiger partial charge in [0.2, 0.25) is 5.91 Å². The second-order valence-corrected chi connectivity index (χ2v) is 9.52. The number of anilines is 2. The number of nitrogens with zero attached hydrogens (tertiary/aromatic N) is 1. The Morgan fingerprint density at radius 2 is 1.62 bits per heavy atom. The number of para-hydroxylation sites is 1. The summed E-state index contributed by atoms with van der Waals surface area (Å²) in [7, 11) is -0.875. The van der Waals surface area contributed by atoms with Gasteiger partial charge in [0.25, 0.3) is 15.9 Å². The van der Waals surface area contributed by atoms with Gasteiger partial charge in [-0.1, -0.05) is 24.3 Å². The quantitative estimate of drug-likeness (QED) is 0.509. The van der Waals surface area contributed by atoms with Crippen molar-refractivity contribution in [3.8, 4) is 5.75 Å². The maximum atomic E-state index is 13.0. The molecule has 9 heteroatoms. The Kier molecular flexibility index (Phi) is 7.57. The van der Waals surface area contributed by atoms with Gasteiger partial charge in [0.15, 0.2) is 0 Å². The third-order valence-corrected chi connectivity index (χ3v) is 6.60. The molecule has 3 rings (SSSR count). The molecule has 0 unspecified atom stereocenters. The molecule has 0 atom stereocenters. The van der Waals surface area contributed by atoms with Crippen molar-refractivity contribution in [2.75, 3.05) is 30.7 Å². The second kappa shape index (κ2) is 10.4. The Morgan fingerprint density at radius 1 is 0.941 bits per heavy atom. The van der Waals surface area contributed by atoms with E-state index in [9.17, 15) is 18.0 Å². The number of carbonyl (C=O) groups is 2. The molecule has 0 spiro atoms. The fourth-order valence-electron chi connectivity index (χ4n) is 3.26. The van der Waals surface area contributed by atoms with Crippen molar-refractivity contribution in [3.05, 3.63) is 83.4 Å². The summed E-state index contributed by atoms with van der Waals surface area (Å²) in [5.74, 6) is -0.188. The van der Waals surface area contributed by atoms with E-state index in [1.165, 1.54) is 24.1 Å². The van der Waals surface area contributed by atoms with Gasteiger partial charge in [-0.3, -0.25) is 14.3 Å². The SMILES string of the molecule is COc1ccc(NC(=O)CN(C)C(=O)c2cc(S(=O)(=O)Nc3ccccc3C)ccc2C)cc1. The lowest BCUT2D eigenvalue weighted by Crippen LogP contribution is -2.35. The van der Waals surface area contributed by atoms with E-state index in [-0.39, 0.29) is 22.9 Å². The van der Waals surface area contributed by atoms with Gasteiger partial charge in [0.1, 0.15) is 5.75 Å². The molecule has 178 valence electrons. The summed E-state index contributed by atoms with van der Waals surface area (Å²) in [6, 6.07) is 18.2. The lowest BCUT2D eigenvalue weighted by atomic mass is 10.1. The average molecular weight is 482 g/mol. The minimum Gasteiger partial charge on any atom is -0.497 e. The first-order valence-corrected chi connectivity index (χ1v) is 12.0. The number of ether oxygens (including phenoxy) is 1. The molecule has 8 nitrogen and oxygen atoms in total. The molecule has 2 amide bonds. The monoisotopic (exact) mass is 481 g/mol. The van der Waals surface area contributed by atoms with Gasteiger partial charge in [0, 0.05) is 18.3 Å². The van der Waals surface area contributed by atoms with Crippen molar-refractivity contribution in [2.45, 2.75) is 18.7 Å². The van der Waals surface area contributed by atoms with Gasteiger partial charge in [-0.2, -0.15) is 0 Å². The number of amides is 2. The highest BCUT2D eigenvalue weighted by molar-refractivity contribution is 7.92. The molecule has 0 saturated heterocycles. The van der Waals surface area contributed by atoms with E-state index in [0.717, 1.165) is 5.56 Å². The molecule has 0 radical (unpaired) electrons. The summed E-state index contributed by atoms with van der Waals surface area (Å²) in [6.45, 7) is 3.31. The van der Waals surface area contributed by atoms with E-state index in [4.69, 9.17) is 4.74 Å². The van der Waals surface area contributed by atoms with E-state index >= 15 is 0 Å². The van der Waals surface area contributed by atoms with Gasteiger partial charge >= 0.3 is 0 Å². The third kappa shape index (κ3) is 5.93. The van der Waals surface area contributed by atoms with E-state index in [0.29, 0.717) is 22.7 Å². The molecule has 34 heavy (non-hydrogen) atoms. The van der Waals surface area contributed by atoms with Gasteiger partial charge in [0.05, 0.1) is 24.2 Å². The molecule has 0 bridgehead atoms. The topological polar surface area (TPSA) is 105 Å². The van der Waals surface area contributed by atoms with Crippen molar-refractivity contribution in [2.24, 2.45) is 0 Å². The standard InChI is InChI=1S/C25H27N3O5S/c1-17-9-14-21(34(31,32)27-23-8-6-5-7-18(23)2)15-22(17)25(30)28(3)16-24(29)26-19-10-12-20(33-4)13-11-19/h5-15,27H,16H2,1-4H3,(H,26,29). The molecule has 0 saturated carbocycles. The van der Waals surface area contributed by atoms with E-state index in [2.05, 4.69) is 10.0 Å². The second-order valence-electron chi connectivity index (χ2n) is 7.84. The van der Waals surface area contributed by atoms with Crippen LogP contribution in [-0.4, -0.2) is 45.8 Å². The van der Waals surface area contributed by atoms with Crippen molar-refractivity contribution in [1.82, 2.24) is 4.90 Å². The number of rotatable bonds is 8. The van der Waals surface area contributed by atoms with Gasteiger partial charge in [-0.15, -0.1) is 0 Å². The lowest BCUT2D eigenvalue weighted by Gasteiger charge is -2.19. The zero-order chi connectivity index (χ0) is 24.9. The van der Waals surface area contributed by atoms with Crippen molar-refractivity contribution < 1.29 is 22.7 Å². The van der Waals surface area contributed by atoms with Crippen LogP contribution >= 0.6 is 0 Å². The fraction of sp³-hybridized carbons (Fsp3) is 0.200. The number of hydrogen-bond acceptors (Lipinski definition) is 5. The first-order valence-electron chi connectivity index (χ1n) is 10.5. The van der Waals surface area contributed by atoms with Gasteiger partial charge < -0.3 is 15.0 Å². The number of hydrogen-bond donors (Lipinski definition) is 2. The van der Waals surface area contributed by atoms with Crippen LogP contribution in [0.3, 0.4) is 0 Å². The Labute approximate surface area is 199 Å². The van der Waals surface area contributed by atoms with Crippen molar-refractivity contribution in [1.29, 1.82) is 0 Å². The average Bonchev–Trinajstić information content (AvgIpc) is 2.80. The molecular weight excluding hydrogens is 454 g/mol. The zero-order valence-corrected chi connectivity index (χ0v) is 20.3.